The smallest absolute Gasteiger partial charge is 0.127 e. The van der Waals surface area contributed by atoms with E-state index < -0.39 is 6.10 Å². The Morgan fingerprint density at radius 3 is 3.00 bits per heavy atom. The highest BCUT2D eigenvalue weighted by Gasteiger charge is 2.23. The van der Waals surface area contributed by atoms with E-state index >= 15 is 0 Å². The van der Waals surface area contributed by atoms with Gasteiger partial charge in [-0.05, 0) is 11.6 Å². The minimum absolute atomic E-state index is 0.434. The van der Waals surface area contributed by atoms with Crippen molar-refractivity contribution in [3.8, 4) is 0 Å². The molecule has 1 N–H and O–H groups in total. The van der Waals surface area contributed by atoms with Gasteiger partial charge in [0.25, 0.3) is 0 Å². The lowest BCUT2D eigenvalue weighted by Crippen LogP contribution is -2.10. The fourth-order valence-corrected chi connectivity index (χ4v) is 2.39. The van der Waals surface area contributed by atoms with Crippen LogP contribution in [0.5, 0.6) is 0 Å². The minimum Gasteiger partial charge on any atom is -0.383 e. The van der Waals surface area contributed by atoms with Gasteiger partial charge in [-0.2, -0.15) is 0 Å². The second-order valence-electron chi connectivity index (χ2n) is 2.86. The Morgan fingerprint density at radius 1 is 1.46 bits per heavy atom. The molecular formula is C10H8O2S. The van der Waals surface area contributed by atoms with Gasteiger partial charge in [0.05, 0.1) is 5.57 Å². The van der Waals surface area contributed by atoms with Crippen molar-refractivity contribution in [3.63, 3.8) is 0 Å². The topological polar surface area (TPSA) is 37.3 Å². The molecule has 0 fully saturated rings. The molecule has 0 radical (unpaired) electrons. The van der Waals surface area contributed by atoms with Gasteiger partial charge in [-0.15, -0.1) is 11.8 Å². The van der Waals surface area contributed by atoms with Crippen LogP contribution in [0.2, 0.25) is 0 Å². The van der Waals surface area contributed by atoms with E-state index in [1.165, 1.54) is 0 Å². The number of rotatable bonds is 0. The van der Waals surface area contributed by atoms with Crippen LogP contribution in [-0.4, -0.2) is 16.8 Å². The van der Waals surface area contributed by atoms with Crippen molar-refractivity contribution < 1.29 is 9.90 Å². The Balaban J connectivity index is 2.51. The van der Waals surface area contributed by atoms with Crippen LogP contribution in [-0.2, 0) is 4.79 Å². The van der Waals surface area contributed by atoms with Crippen molar-refractivity contribution in [2.75, 3.05) is 5.75 Å². The highest BCUT2D eigenvalue weighted by molar-refractivity contribution is 7.99. The number of fused-ring (bicyclic) bond motifs is 1. The molecule has 13 heavy (non-hydrogen) atoms. The van der Waals surface area contributed by atoms with Gasteiger partial charge in [-0.3, -0.25) is 0 Å². The summed E-state index contributed by atoms with van der Waals surface area (Å²) >= 11 is 1.57. The van der Waals surface area contributed by atoms with E-state index in [4.69, 9.17) is 0 Å². The van der Waals surface area contributed by atoms with Gasteiger partial charge < -0.3 is 5.11 Å². The molecular weight excluding hydrogens is 184 g/mol. The van der Waals surface area contributed by atoms with Crippen LogP contribution in [0.1, 0.15) is 11.7 Å². The fourth-order valence-electron chi connectivity index (χ4n) is 1.35. The quantitative estimate of drug-likeness (QED) is 0.634. The average molecular weight is 192 g/mol. The van der Waals surface area contributed by atoms with Gasteiger partial charge in [0.15, 0.2) is 0 Å². The Kier molecular flexibility index (Phi) is 2.23. The summed E-state index contributed by atoms with van der Waals surface area (Å²) in [6.45, 7) is 0. The van der Waals surface area contributed by atoms with Gasteiger partial charge >= 0.3 is 0 Å². The van der Waals surface area contributed by atoms with Crippen molar-refractivity contribution in [2.24, 2.45) is 0 Å². The van der Waals surface area contributed by atoms with Gasteiger partial charge in [0, 0.05) is 10.6 Å². The predicted octanol–water partition coefficient (Wildman–Crippen LogP) is 1.58. The maximum atomic E-state index is 10.4. The van der Waals surface area contributed by atoms with Crippen molar-refractivity contribution in [3.05, 3.63) is 35.4 Å². The molecule has 1 aliphatic rings. The minimum atomic E-state index is -0.755. The van der Waals surface area contributed by atoms with Gasteiger partial charge in [-0.1, -0.05) is 18.2 Å². The number of hydrogen-bond donors (Lipinski definition) is 1. The first-order valence-corrected chi connectivity index (χ1v) is 4.95. The maximum absolute atomic E-state index is 10.4. The fraction of sp³-hybridized carbons (Fsp3) is 0.200. The van der Waals surface area contributed by atoms with E-state index in [9.17, 15) is 9.90 Å². The Morgan fingerprint density at radius 2 is 2.23 bits per heavy atom. The van der Waals surface area contributed by atoms with E-state index in [2.05, 4.69) is 0 Å². The van der Waals surface area contributed by atoms with Crippen LogP contribution in [0, 0.1) is 0 Å². The molecule has 0 spiro atoms. The molecule has 1 aromatic carbocycles. The van der Waals surface area contributed by atoms with Crippen LogP contribution >= 0.6 is 11.8 Å². The van der Waals surface area contributed by atoms with Gasteiger partial charge in [0.1, 0.15) is 12.0 Å². The number of aliphatic hydroxyl groups is 1. The third-order valence-electron chi connectivity index (χ3n) is 2.06. The van der Waals surface area contributed by atoms with Crippen molar-refractivity contribution in [1.82, 2.24) is 0 Å². The molecule has 0 bridgehead atoms. The highest BCUT2D eigenvalue weighted by atomic mass is 32.2. The Bertz CT molecular complexity index is 380. The lowest BCUT2D eigenvalue weighted by Gasteiger charge is -2.20. The zero-order valence-electron chi connectivity index (χ0n) is 6.86. The molecule has 0 aromatic heterocycles. The molecule has 0 saturated heterocycles. The molecule has 66 valence electrons. The molecule has 1 atom stereocenters. The van der Waals surface area contributed by atoms with E-state index in [0.29, 0.717) is 11.3 Å². The molecule has 0 saturated carbocycles. The molecule has 1 aliphatic heterocycles. The van der Waals surface area contributed by atoms with Crippen LogP contribution in [0.3, 0.4) is 0 Å². The zero-order valence-corrected chi connectivity index (χ0v) is 7.67. The lowest BCUT2D eigenvalue weighted by molar-refractivity contribution is 0.213. The number of benzene rings is 1. The summed E-state index contributed by atoms with van der Waals surface area (Å²) < 4.78 is 0. The van der Waals surface area contributed by atoms with Crippen molar-refractivity contribution in [1.29, 1.82) is 0 Å². The Hall–Kier alpha value is -1.02. The van der Waals surface area contributed by atoms with E-state index in [-0.39, 0.29) is 0 Å². The first kappa shape index (κ1) is 8.57. The van der Waals surface area contributed by atoms with Gasteiger partial charge in [0.2, 0.25) is 0 Å². The standard InChI is InChI=1S/C10H8O2S/c11-5-7-6-13-9-4-2-1-3-8(9)10(7)12/h1-4,10,12H,6H2. The molecule has 2 rings (SSSR count). The summed E-state index contributed by atoms with van der Waals surface area (Å²) in [5, 5.41) is 9.71. The highest BCUT2D eigenvalue weighted by Crippen LogP contribution is 2.37. The summed E-state index contributed by atoms with van der Waals surface area (Å²) in [6.07, 6.45) is -0.755. The van der Waals surface area contributed by atoms with Gasteiger partial charge in [-0.25, -0.2) is 4.79 Å². The SMILES string of the molecule is O=C=C1CSc2ccccc2C1O. The zero-order chi connectivity index (χ0) is 9.26. The third-order valence-corrected chi connectivity index (χ3v) is 3.20. The third kappa shape index (κ3) is 1.42. The molecule has 1 unspecified atom stereocenters. The van der Waals surface area contributed by atoms with Crippen LogP contribution in [0.4, 0.5) is 0 Å². The maximum Gasteiger partial charge on any atom is 0.127 e. The lowest BCUT2D eigenvalue weighted by atomic mass is 10.0. The molecule has 3 heteroatoms. The monoisotopic (exact) mass is 192 g/mol. The van der Waals surface area contributed by atoms with Crippen molar-refractivity contribution >= 4 is 17.7 Å². The molecule has 0 aliphatic carbocycles. The second-order valence-corrected chi connectivity index (χ2v) is 3.87. The second kappa shape index (κ2) is 3.38. The van der Waals surface area contributed by atoms with E-state index in [1.807, 2.05) is 24.3 Å². The number of aliphatic hydroxyl groups excluding tert-OH is 1. The van der Waals surface area contributed by atoms with Crippen LogP contribution in [0.25, 0.3) is 0 Å². The first-order valence-electron chi connectivity index (χ1n) is 3.96. The molecule has 1 heterocycles. The predicted molar refractivity (Wildman–Crippen MR) is 51.3 cm³/mol. The van der Waals surface area contributed by atoms with Crippen LogP contribution in [0.15, 0.2) is 34.7 Å². The Labute approximate surface area is 80.3 Å². The number of carbonyl (C=O) groups excluding carboxylic acids is 1. The summed E-state index contributed by atoms with van der Waals surface area (Å²) in [5.41, 5.74) is 1.25. The largest absolute Gasteiger partial charge is 0.383 e. The average Bonchev–Trinajstić information content (AvgIpc) is 2.19. The number of hydrogen-bond acceptors (Lipinski definition) is 3. The summed E-state index contributed by atoms with van der Waals surface area (Å²) in [5.74, 6) is 2.33. The number of thioether (sulfide) groups is 1. The van der Waals surface area contributed by atoms with E-state index in [1.54, 1.807) is 17.7 Å². The molecule has 1 aromatic rings. The molecule has 2 nitrogen and oxygen atoms in total. The van der Waals surface area contributed by atoms with Crippen molar-refractivity contribution in [2.45, 2.75) is 11.0 Å². The molecule has 0 amide bonds. The van der Waals surface area contributed by atoms with Crippen LogP contribution < -0.4 is 0 Å². The summed E-state index contributed by atoms with van der Waals surface area (Å²) in [4.78, 5) is 11.5. The summed E-state index contributed by atoms with van der Waals surface area (Å²) in [6, 6.07) is 7.57. The normalized spacial score (nSPS) is 20.7. The summed E-state index contributed by atoms with van der Waals surface area (Å²) in [7, 11) is 0. The van der Waals surface area contributed by atoms with E-state index in [0.717, 1.165) is 10.5 Å². The first-order chi connectivity index (χ1) is 6.33.